The smallest absolute Gasteiger partial charge is 0.224 e. The Morgan fingerprint density at radius 1 is 0.950 bits per heavy atom. The topological polar surface area (TPSA) is 84.2 Å². The Morgan fingerprint density at radius 2 is 1.65 bits per heavy atom. The summed E-state index contributed by atoms with van der Waals surface area (Å²) in [5.74, 6) is -0.103. The molecule has 5 nitrogen and oxygen atoms in total. The monoisotopic (exact) mass is 277 g/mol. The third-order valence-electron chi connectivity index (χ3n) is 2.83. The molecule has 0 unspecified atom stereocenters. The highest BCUT2D eigenvalue weighted by molar-refractivity contribution is 5.80. The zero-order valence-electron chi connectivity index (χ0n) is 11.7. The van der Waals surface area contributed by atoms with Gasteiger partial charge in [0.15, 0.2) is 0 Å². The van der Waals surface area contributed by atoms with Crippen molar-refractivity contribution in [3.8, 4) is 0 Å². The third-order valence-corrected chi connectivity index (χ3v) is 2.83. The van der Waals surface area contributed by atoms with Gasteiger partial charge >= 0.3 is 0 Å². The van der Waals surface area contributed by atoms with Crippen molar-refractivity contribution in [2.24, 2.45) is 5.73 Å². The van der Waals surface area contributed by atoms with Crippen molar-refractivity contribution in [3.63, 3.8) is 0 Å². The summed E-state index contributed by atoms with van der Waals surface area (Å²) < 4.78 is 0. The Balaban J connectivity index is 2.08. The molecule has 2 amide bonds. The normalized spacial score (nSPS) is 10.1. The zero-order valence-corrected chi connectivity index (χ0v) is 11.7. The molecule has 0 radical (unpaired) electrons. The van der Waals surface area contributed by atoms with E-state index in [2.05, 4.69) is 10.6 Å². The summed E-state index contributed by atoms with van der Waals surface area (Å²) in [6.07, 6.45) is 2.46. The first kappa shape index (κ1) is 16.2. The number of hydrogen-bond acceptors (Lipinski definition) is 3. The van der Waals surface area contributed by atoms with E-state index < -0.39 is 0 Å². The highest BCUT2D eigenvalue weighted by atomic mass is 16.2. The molecular weight excluding hydrogens is 254 g/mol. The minimum absolute atomic E-state index is 0.0398. The summed E-state index contributed by atoms with van der Waals surface area (Å²) in [7, 11) is 0. The Morgan fingerprint density at radius 3 is 2.35 bits per heavy atom. The van der Waals surface area contributed by atoms with Crippen molar-refractivity contribution in [2.75, 3.05) is 19.6 Å². The van der Waals surface area contributed by atoms with Gasteiger partial charge in [-0.25, -0.2) is 0 Å². The van der Waals surface area contributed by atoms with Crippen LogP contribution in [0.1, 0.15) is 24.8 Å². The molecule has 20 heavy (non-hydrogen) atoms. The average Bonchev–Trinajstić information content (AvgIpc) is 2.45. The molecule has 0 aliphatic heterocycles. The molecule has 0 aromatic heterocycles. The number of benzene rings is 1. The summed E-state index contributed by atoms with van der Waals surface area (Å²) in [5, 5.41) is 5.54. The van der Waals surface area contributed by atoms with Crippen LogP contribution >= 0.6 is 0 Å². The lowest BCUT2D eigenvalue weighted by molar-refractivity contribution is -0.122. The molecule has 0 bridgehead atoms. The van der Waals surface area contributed by atoms with Crippen LogP contribution in [0.5, 0.6) is 0 Å². The lowest BCUT2D eigenvalue weighted by Gasteiger charge is -2.06. The minimum Gasteiger partial charge on any atom is -0.356 e. The fourth-order valence-electron chi connectivity index (χ4n) is 1.74. The van der Waals surface area contributed by atoms with Crippen LogP contribution in [0.2, 0.25) is 0 Å². The average molecular weight is 277 g/mol. The maximum Gasteiger partial charge on any atom is 0.224 e. The van der Waals surface area contributed by atoms with Crippen LogP contribution in [0.25, 0.3) is 0 Å². The second-order valence-corrected chi connectivity index (χ2v) is 4.61. The van der Waals surface area contributed by atoms with Gasteiger partial charge < -0.3 is 16.4 Å². The van der Waals surface area contributed by atoms with Gasteiger partial charge in [-0.15, -0.1) is 0 Å². The summed E-state index contributed by atoms with van der Waals surface area (Å²) in [6.45, 7) is 1.66. The number of rotatable bonds is 9. The van der Waals surface area contributed by atoms with Crippen molar-refractivity contribution in [3.05, 3.63) is 35.9 Å². The molecule has 1 aromatic rings. The minimum atomic E-state index is -0.0628. The molecule has 1 aromatic carbocycles. The maximum atomic E-state index is 11.6. The highest BCUT2D eigenvalue weighted by Crippen LogP contribution is 1.98. The van der Waals surface area contributed by atoms with Crippen LogP contribution in [-0.2, 0) is 16.0 Å². The summed E-state index contributed by atoms with van der Waals surface area (Å²) in [5.41, 5.74) is 6.33. The van der Waals surface area contributed by atoms with E-state index in [0.717, 1.165) is 18.4 Å². The molecule has 0 saturated carbocycles. The largest absolute Gasteiger partial charge is 0.356 e. The molecule has 0 saturated heterocycles. The molecule has 0 aliphatic rings. The lowest BCUT2D eigenvalue weighted by Crippen LogP contribution is -2.32. The van der Waals surface area contributed by atoms with Gasteiger partial charge in [0.25, 0.3) is 0 Å². The van der Waals surface area contributed by atoms with E-state index >= 15 is 0 Å². The van der Waals surface area contributed by atoms with Crippen LogP contribution in [-0.4, -0.2) is 31.4 Å². The van der Waals surface area contributed by atoms with Crippen LogP contribution < -0.4 is 16.4 Å². The second-order valence-electron chi connectivity index (χ2n) is 4.61. The molecule has 0 atom stereocenters. The Kier molecular flexibility index (Phi) is 8.07. The van der Waals surface area contributed by atoms with E-state index in [9.17, 15) is 9.59 Å². The standard InChI is InChI=1S/C15H23N3O2/c16-9-4-5-10-17-14(19)8-11-18-15(20)12-13-6-2-1-3-7-13/h1-3,6-7H,4-5,8-12,16H2,(H,17,19)(H,18,20). The molecule has 110 valence electrons. The molecule has 0 aliphatic carbocycles. The summed E-state index contributed by atoms with van der Waals surface area (Å²) in [4.78, 5) is 23.1. The van der Waals surface area contributed by atoms with Crippen LogP contribution in [0.3, 0.4) is 0 Å². The number of unbranched alkanes of at least 4 members (excludes halogenated alkanes) is 1. The van der Waals surface area contributed by atoms with Gasteiger partial charge in [-0.05, 0) is 24.9 Å². The van der Waals surface area contributed by atoms with Gasteiger partial charge in [-0.1, -0.05) is 30.3 Å². The number of nitrogens with two attached hydrogens (primary N) is 1. The van der Waals surface area contributed by atoms with E-state index in [1.54, 1.807) is 0 Å². The Labute approximate surface area is 119 Å². The zero-order chi connectivity index (χ0) is 14.6. The predicted molar refractivity (Wildman–Crippen MR) is 79.1 cm³/mol. The third kappa shape index (κ3) is 7.53. The van der Waals surface area contributed by atoms with Crippen molar-refractivity contribution in [2.45, 2.75) is 25.7 Å². The fraction of sp³-hybridized carbons (Fsp3) is 0.467. The van der Waals surface area contributed by atoms with Crippen molar-refractivity contribution >= 4 is 11.8 Å². The van der Waals surface area contributed by atoms with E-state index in [0.29, 0.717) is 32.5 Å². The molecule has 0 heterocycles. The van der Waals surface area contributed by atoms with E-state index in [-0.39, 0.29) is 11.8 Å². The number of carbonyl (C=O) groups excluding carboxylic acids is 2. The molecule has 4 N–H and O–H groups in total. The quantitative estimate of drug-likeness (QED) is 0.578. The first-order chi connectivity index (χ1) is 9.72. The number of amides is 2. The molecule has 1 rings (SSSR count). The van der Waals surface area contributed by atoms with Gasteiger partial charge in [0.1, 0.15) is 0 Å². The second kappa shape index (κ2) is 9.97. The number of hydrogen-bond donors (Lipinski definition) is 3. The van der Waals surface area contributed by atoms with E-state index in [4.69, 9.17) is 5.73 Å². The molecule has 5 heteroatoms. The van der Waals surface area contributed by atoms with Crippen molar-refractivity contribution in [1.29, 1.82) is 0 Å². The SMILES string of the molecule is NCCCCNC(=O)CCNC(=O)Cc1ccccc1. The summed E-state index contributed by atoms with van der Waals surface area (Å²) in [6, 6.07) is 9.53. The first-order valence-corrected chi connectivity index (χ1v) is 6.99. The van der Waals surface area contributed by atoms with Gasteiger partial charge in [0, 0.05) is 19.5 Å². The van der Waals surface area contributed by atoms with Gasteiger partial charge in [-0.3, -0.25) is 9.59 Å². The van der Waals surface area contributed by atoms with Crippen LogP contribution in [0.15, 0.2) is 30.3 Å². The van der Waals surface area contributed by atoms with Crippen LogP contribution in [0.4, 0.5) is 0 Å². The van der Waals surface area contributed by atoms with Gasteiger partial charge in [-0.2, -0.15) is 0 Å². The summed E-state index contributed by atoms with van der Waals surface area (Å²) >= 11 is 0. The first-order valence-electron chi connectivity index (χ1n) is 6.99. The van der Waals surface area contributed by atoms with Crippen LogP contribution in [0, 0.1) is 0 Å². The van der Waals surface area contributed by atoms with Gasteiger partial charge in [0.05, 0.1) is 6.42 Å². The van der Waals surface area contributed by atoms with Crippen molar-refractivity contribution in [1.82, 2.24) is 10.6 Å². The molecule has 0 fully saturated rings. The lowest BCUT2D eigenvalue weighted by atomic mass is 10.1. The number of nitrogens with one attached hydrogen (secondary N) is 2. The van der Waals surface area contributed by atoms with E-state index in [1.807, 2.05) is 30.3 Å². The van der Waals surface area contributed by atoms with Gasteiger partial charge in [0.2, 0.25) is 11.8 Å². The van der Waals surface area contributed by atoms with E-state index in [1.165, 1.54) is 0 Å². The predicted octanol–water partition coefficient (Wildman–Crippen LogP) is 0.591. The molecular formula is C15H23N3O2. The number of carbonyl (C=O) groups is 2. The molecule has 0 spiro atoms. The fourth-order valence-corrected chi connectivity index (χ4v) is 1.74. The maximum absolute atomic E-state index is 11.6. The Hall–Kier alpha value is -1.88. The highest BCUT2D eigenvalue weighted by Gasteiger charge is 2.04. The van der Waals surface area contributed by atoms with Crippen molar-refractivity contribution < 1.29 is 9.59 Å². The Bertz CT molecular complexity index is 407.